The number of aryl methyl sites for hydroxylation is 2. The molecule has 0 radical (unpaired) electrons. The van der Waals surface area contributed by atoms with Gasteiger partial charge in [0.2, 0.25) is 5.91 Å². The predicted molar refractivity (Wildman–Crippen MR) is 104 cm³/mol. The van der Waals surface area contributed by atoms with Gasteiger partial charge in [0.25, 0.3) is 5.91 Å². The Kier molecular flexibility index (Phi) is 6.89. The number of likely N-dealkylation sites (N-methyl/N-ethyl adjacent to an activating group) is 1. The molecule has 26 heavy (non-hydrogen) atoms. The normalized spacial score (nSPS) is 10.3. The van der Waals surface area contributed by atoms with Gasteiger partial charge in [-0.15, -0.1) is 0 Å². The monoisotopic (exact) mass is 394 g/mol. The van der Waals surface area contributed by atoms with E-state index in [-0.39, 0.29) is 25.0 Å². The first-order valence-corrected chi connectivity index (χ1v) is 8.71. The number of carbonyl (C=O) groups excluding carboxylic acids is 2. The highest BCUT2D eigenvalue weighted by Gasteiger charge is 2.15. The average Bonchev–Trinajstić information content (AvgIpc) is 2.57. The smallest absolute Gasteiger partial charge is 0.260 e. The van der Waals surface area contributed by atoms with Gasteiger partial charge in [0.05, 0.1) is 11.6 Å². The van der Waals surface area contributed by atoms with Crippen molar-refractivity contribution in [2.24, 2.45) is 0 Å². The molecule has 0 atom stereocenters. The van der Waals surface area contributed by atoms with Gasteiger partial charge in [-0.25, -0.2) is 0 Å². The van der Waals surface area contributed by atoms with Crippen molar-refractivity contribution in [3.05, 3.63) is 57.6 Å². The minimum atomic E-state index is -0.340. The van der Waals surface area contributed by atoms with E-state index in [9.17, 15) is 9.59 Å². The van der Waals surface area contributed by atoms with Crippen LogP contribution in [0.2, 0.25) is 10.0 Å². The molecule has 0 saturated carbocycles. The number of rotatable bonds is 6. The first kappa shape index (κ1) is 20.1. The van der Waals surface area contributed by atoms with Gasteiger partial charge in [-0.05, 0) is 43.2 Å². The van der Waals surface area contributed by atoms with Crippen LogP contribution in [0.1, 0.15) is 11.1 Å². The SMILES string of the molecule is Cc1cccc(C)c1NC(=O)CN(C)C(=O)COc1ccc(Cl)cc1Cl. The summed E-state index contributed by atoms with van der Waals surface area (Å²) in [6.45, 7) is 3.53. The second-order valence-corrected chi connectivity index (χ2v) is 6.77. The molecule has 2 aromatic carbocycles. The fourth-order valence-electron chi connectivity index (χ4n) is 2.34. The third-order valence-corrected chi connectivity index (χ3v) is 4.33. The molecule has 0 spiro atoms. The zero-order valence-corrected chi connectivity index (χ0v) is 16.3. The van der Waals surface area contributed by atoms with E-state index in [0.29, 0.717) is 15.8 Å². The fraction of sp³-hybridized carbons (Fsp3) is 0.263. The fourth-order valence-corrected chi connectivity index (χ4v) is 2.80. The molecular formula is C19H20Cl2N2O3. The summed E-state index contributed by atoms with van der Waals surface area (Å²) >= 11 is 11.8. The summed E-state index contributed by atoms with van der Waals surface area (Å²) in [4.78, 5) is 25.7. The van der Waals surface area contributed by atoms with Crippen molar-refractivity contribution in [2.75, 3.05) is 25.5 Å². The molecular weight excluding hydrogens is 375 g/mol. The highest BCUT2D eigenvalue weighted by atomic mass is 35.5. The molecule has 0 bridgehead atoms. The molecule has 1 N–H and O–H groups in total. The number of ether oxygens (including phenoxy) is 1. The zero-order valence-electron chi connectivity index (χ0n) is 14.8. The molecule has 7 heteroatoms. The number of hydrogen-bond acceptors (Lipinski definition) is 3. The number of carbonyl (C=O) groups is 2. The molecule has 0 unspecified atom stereocenters. The van der Waals surface area contributed by atoms with Crippen LogP contribution in [0.4, 0.5) is 5.69 Å². The summed E-state index contributed by atoms with van der Waals surface area (Å²) < 4.78 is 5.40. The van der Waals surface area contributed by atoms with Crippen LogP contribution in [-0.4, -0.2) is 36.9 Å². The van der Waals surface area contributed by atoms with Gasteiger partial charge in [0.1, 0.15) is 5.75 Å². The second kappa shape index (κ2) is 8.92. The van der Waals surface area contributed by atoms with Gasteiger partial charge in [0.15, 0.2) is 6.61 Å². The lowest BCUT2D eigenvalue weighted by atomic mass is 10.1. The second-order valence-electron chi connectivity index (χ2n) is 5.93. The molecule has 2 rings (SSSR count). The highest BCUT2D eigenvalue weighted by Crippen LogP contribution is 2.27. The Labute approximate surface area is 162 Å². The number of nitrogens with one attached hydrogen (secondary N) is 1. The van der Waals surface area contributed by atoms with Crippen LogP contribution < -0.4 is 10.1 Å². The standard InChI is InChI=1S/C19H20Cl2N2O3/c1-12-5-4-6-13(2)19(12)22-17(24)10-23(3)18(25)11-26-16-8-7-14(20)9-15(16)21/h4-9H,10-11H2,1-3H3,(H,22,24). The van der Waals surface area contributed by atoms with E-state index < -0.39 is 0 Å². The molecule has 0 heterocycles. The summed E-state index contributed by atoms with van der Waals surface area (Å²) in [5, 5.41) is 3.64. The summed E-state index contributed by atoms with van der Waals surface area (Å²) in [6.07, 6.45) is 0. The quantitative estimate of drug-likeness (QED) is 0.802. The highest BCUT2D eigenvalue weighted by molar-refractivity contribution is 6.35. The summed E-state index contributed by atoms with van der Waals surface area (Å²) in [7, 11) is 1.54. The lowest BCUT2D eigenvalue weighted by molar-refractivity contribution is -0.135. The number of nitrogens with zero attached hydrogens (tertiary/aromatic N) is 1. The molecule has 0 fully saturated rings. The molecule has 0 aliphatic rings. The van der Waals surface area contributed by atoms with Crippen LogP contribution in [0, 0.1) is 13.8 Å². The van der Waals surface area contributed by atoms with Crippen LogP contribution in [0.15, 0.2) is 36.4 Å². The summed E-state index contributed by atoms with van der Waals surface area (Å²) in [5.74, 6) is -0.256. The van der Waals surface area contributed by atoms with Crippen molar-refractivity contribution in [1.82, 2.24) is 4.90 Å². The third-order valence-electron chi connectivity index (χ3n) is 3.80. The van der Waals surface area contributed by atoms with Gasteiger partial charge < -0.3 is 15.0 Å². The van der Waals surface area contributed by atoms with Crippen LogP contribution in [0.3, 0.4) is 0 Å². The van der Waals surface area contributed by atoms with Crippen LogP contribution >= 0.6 is 23.2 Å². The maximum Gasteiger partial charge on any atom is 0.260 e. The van der Waals surface area contributed by atoms with E-state index in [0.717, 1.165) is 16.8 Å². The number of benzene rings is 2. The van der Waals surface area contributed by atoms with Gasteiger partial charge in [-0.2, -0.15) is 0 Å². The zero-order chi connectivity index (χ0) is 19.3. The van der Waals surface area contributed by atoms with Crippen molar-refractivity contribution in [1.29, 1.82) is 0 Å². The molecule has 0 aromatic heterocycles. The van der Waals surface area contributed by atoms with E-state index in [1.165, 1.54) is 11.0 Å². The first-order chi connectivity index (χ1) is 12.3. The Morgan fingerprint density at radius 1 is 1.12 bits per heavy atom. The third kappa shape index (κ3) is 5.38. The maximum absolute atomic E-state index is 12.2. The lowest BCUT2D eigenvalue weighted by Gasteiger charge is -2.18. The van der Waals surface area contributed by atoms with E-state index in [1.807, 2.05) is 32.0 Å². The van der Waals surface area contributed by atoms with Gasteiger partial charge in [-0.3, -0.25) is 9.59 Å². The minimum Gasteiger partial charge on any atom is -0.482 e. The average molecular weight is 395 g/mol. The molecule has 5 nitrogen and oxygen atoms in total. The Morgan fingerprint density at radius 2 is 1.77 bits per heavy atom. The number of halogens is 2. The Bertz CT molecular complexity index is 804. The molecule has 0 saturated heterocycles. The number of para-hydroxylation sites is 1. The topological polar surface area (TPSA) is 58.6 Å². The molecule has 138 valence electrons. The van der Waals surface area contributed by atoms with Gasteiger partial charge in [-0.1, -0.05) is 41.4 Å². The lowest BCUT2D eigenvalue weighted by Crippen LogP contribution is -2.37. The van der Waals surface area contributed by atoms with Gasteiger partial charge in [0, 0.05) is 17.8 Å². The predicted octanol–water partition coefficient (Wildman–Crippen LogP) is 4.09. The molecule has 2 aromatic rings. The van der Waals surface area contributed by atoms with Crippen LogP contribution in [0.25, 0.3) is 0 Å². The van der Waals surface area contributed by atoms with Crippen molar-refractivity contribution in [3.63, 3.8) is 0 Å². The van der Waals surface area contributed by atoms with Gasteiger partial charge >= 0.3 is 0 Å². The van der Waals surface area contributed by atoms with Crippen molar-refractivity contribution >= 4 is 40.7 Å². The number of amides is 2. The Balaban J connectivity index is 1.89. The minimum absolute atomic E-state index is 0.0791. The van der Waals surface area contributed by atoms with Crippen LogP contribution in [-0.2, 0) is 9.59 Å². The van der Waals surface area contributed by atoms with E-state index in [1.54, 1.807) is 19.2 Å². The van der Waals surface area contributed by atoms with Crippen molar-refractivity contribution in [2.45, 2.75) is 13.8 Å². The van der Waals surface area contributed by atoms with E-state index in [4.69, 9.17) is 27.9 Å². The maximum atomic E-state index is 12.2. The summed E-state index contributed by atoms with van der Waals surface area (Å²) in [6, 6.07) is 10.5. The van der Waals surface area contributed by atoms with Crippen LogP contribution in [0.5, 0.6) is 5.75 Å². The van der Waals surface area contributed by atoms with E-state index >= 15 is 0 Å². The number of hydrogen-bond donors (Lipinski definition) is 1. The Hall–Kier alpha value is -2.24. The molecule has 0 aliphatic carbocycles. The Morgan fingerprint density at radius 3 is 2.38 bits per heavy atom. The largest absolute Gasteiger partial charge is 0.482 e. The molecule has 2 amide bonds. The first-order valence-electron chi connectivity index (χ1n) is 7.96. The van der Waals surface area contributed by atoms with E-state index in [2.05, 4.69) is 5.32 Å². The number of anilines is 1. The molecule has 0 aliphatic heterocycles. The summed E-state index contributed by atoms with van der Waals surface area (Å²) in [5.41, 5.74) is 2.70. The van der Waals surface area contributed by atoms with Crippen molar-refractivity contribution < 1.29 is 14.3 Å². The van der Waals surface area contributed by atoms with Crippen molar-refractivity contribution in [3.8, 4) is 5.75 Å².